The molecule has 0 saturated carbocycles. The Labute approximate surface area is 114 Å². The first kappa shape index (κ1) is 12.0. The molecule has 3 aromatic heterocycles. The number of nitrogens with one attached hydrogen (secondary N) is 1. The minimum Gasteiger partial charge on any atom is -0.378 e. The Morgan fingerprint density at radius 3 is 2.74 bits per heavy atom. The Kier molecular flexibility index (Phi) is 2.70. The molecule has 0 amide bonds. The maximum Gasteiger partial charge on any atom is 0.174 e. The number of aryl methyl sites for hydroxylation is 3. The van der Waals surface area contributed by atoms with Gasteiger partial charge in [0.15, 0.2) is 11.5 Å². The molecule has 0 saturated heterocycles. The first-order valence-corrected chi connectivity index (χ1v) is 6.73. The van der Waals surface area contributed by atoms with Crippen LogP contribution in [-0.4, -0.2) is 31.0 Å². The fourth-order valence-electron chi connectivity index (χ4n) is 2.20. The molecule has 0 bridgehead atoms. The summed E-state index contributed by atoms with van der Waals surface area (Å²) < 4.78 is 6.34. The van der Waals surface area contributed by atoms with Crippen LogP contribution in [0.2, 0.25) is 0 Å². The van der Waals surface area contributed by atoms with Gasteiger partial charge in [0.25, 0.3) is 0 Å². The summed E-state index contributed by atoms with van der Waals surface area (Å²) in [5, 5.41) is 12.7. The number of anilines is 1. The molecule has 7 heteroatoms. The van der Waals surface area contributed by atoms with Crippen molar-refractivity contribution in [2.24, 2.45) is 0 Å². The topological polar surface area (TPSA) is 68.0 Å². The lowest BCUT2D eigenvalue weighted by Gasteiger charge is -2.05. The van der Waals surface area contributed by atoms with Gasteiger partial charge in [-0.15, -0.1) is 10.2 Å². The molecule has 3 heterocycles. The van der Waals surface area contributed by atoms with Gasteiger partial charge >= 0.3 is 0 Å². The van der Waals surface area contributed by atoms with Crippen molar-refractivity contribution in [1.29, 1.82) is 0 Å². The largest absolute Gasteiger partial charge is 0.378 e. The molecule has 0 spiro atoms. The molecule has 0 aromatic carbocycles. The highest BCUT2D eigenvalue weighted by Gasteiger charge is 2.19. The normalized spacial score (nSPS) is 11.2. The van der Waals surface area contributed by atoms with Crippen LogP contribution in [0.15, 0.2) is 6.07 Å². The summed E-state index contributed by atoms with van der Waals surface area (Å²) in [6.45, 7) is 5.89. The Morgan fingerprint density at radius 1 is 1.21 bits per heavy atom. The van der Waals surface area contributed by atoms with Gasteiger partial charge in [-0.1, -0.05) is 0 Å². The SMILES string of the molecule is CNc1snc(C)c1-c1nnc2cc(C)nc(C)n12. The second-order valence-corrected chi connectivity index (χ2v) is 5.16. The van der Waals surface area contributed by atoms with Gasteiger partial charge in [-0.05, 0) is 32.3 Å². The van der Waals surface area contributed by atoms with Crippen molar-refractivity contribution in [1.82, 2.24) is 24.0 Å². The molecule has 98 valence electrons. The van der Waals surface area contributed by atoms with Crippen LogP contribution in [-0.2, 0) is 0 Å². The molecule has 6 nitrogen and oxygen atoms in total. The van der Waals surface area contributed by atoms with Gasteiger partial charge in [-0.3, -0.25) is 4.40 Å². The molecule has 0 aliphatic carbocycles. The van der Waals surface area contributed by atoms with Crippen molar-refractivity contribution >= 4 is 22.2 Å². The average molecular weight is 274 g/mol. The number of hydrogen-bond acceptors (Lipinski definition) is 6. The maximum absolute atomic E-state index is 4.48. The average Bonchev–Trinajstić information content (AvgIpc) is 2.92. The van der Waals surface area contributed by atoms with Gasteiger partial charge in [0.2, 0.25) is 0 Å². The van der Waals surface area contributed by atoms with E-state index in [-0.39, 0.29) is 0 Å². The molecule has 0 aliphatic heterocycles. The first-order chi connectivity index (χ1) is 9.11. The quantitative estimate of drug-likeness (QED) is 0.776. The summed E-state index contributed by atoms with van der Waals surface area (Å²) in [5.74, 6) is 1.67. The van der Waals surface area contributed by atoms with Crippen LogP contribution < -0.4 is 5.32 Å². The highest BCUT2D eigenvalue weighted by molar-refractivity contribution is 7.10. The van der Waals surface area contributed by atoms with Crippen LogP contribution in [0.25, 0.3) is 17.0 Å². The summed E-state index contributed by atoms with van der Waals surface area (Å²) in [6, 6.07) is 1.93. The zero-order chi connectivity index (χ0) is 13.6. The minimum absolute atomic E-state index is 0.788. The van der Waals surface area contributed by atoms with E-state index < -0.39 is 0 Å². The van der Waals surface area contributed by atoms with Crippen molar-refractivity contribution in [2.45, 2.75) is 20.8 Å². The van der Waals surface area contributed by atoms with E-state index in [0.717, 1.165) is 39.2 Å². The lowest BCUT2D eigenvalue weighted by atomic mass is 10.2. The van der Waals surface area contributed by atoms with Crippen LogP contribution >= 0.6 is 11.5 Å². The summed E-state index contributed by atoms with van der Waals surface area (Å²) in [4.78, 5) is 4.48. The van der Waals surface area contributed by atoms with Crippen molar-refractivity contribution < 1.29 is 0 Å². The first-order valence-electron chi connectivity index (χ1n) is 5.95. The van der Waals surface area contributed by atoms with Crippen LogP contribution in [0, 0.1) is 20.8 Å². The Balaban J connectivity index is 2.34. The summed E-state index contributed by atoms with van der Waals surface area (Å²) in [6.07, 6.45) is 0. The second kappa shape index (κ2) is 4.27. The van der Waals surface area contributed by atoms with E-state index in [1.165, 1.54) is 11.5 Å². The van der Waals surface area contributed by atoms with Gasteiger partial charge < -0.3 is 5.32 Å². The Bertz CT molecular complexity index is 757. The third-order valence-corrected chi connectivity index (χ3v) is 3.96. The summed E-state index contributed by atoms with van der Waals surface area (Å²) >= 11 is 1.43. The molecule has 0 atom stereocenters. The maximum atomic E-state index is 4.48. The molecule has 0 unspecified atom stereocenters. The van der Waals surface area contributed by atoms with Gasteiger partial charge in [-0.2, -0.15) is 4.37 Å². The van der Waals surface area contributed by atoms with Gasteiger partial charge in [0.05, 0.1) is 11.3 Å². The van der Waals surface area contributed by atoms with E-state index in [9.17, 15) is 0 Å². The van der Waals surface area contributed by atoms with Gasteiger partial charge in [0, 0.05) is 18.8 Å². The predicted octanol–water partition coefficient (Wildman–Crippen LogP) is 2.21. The van der Waals surface area contributed by atoms with E-state index in [2.05, 4.69) is 24.9 Å². The van der Waals surface area contributed by atoms with E-state index in [1.807, 2.05) is 38.3 Å². The van der Waals surface area contributed by atoms with E-state index >= 15 is 0 Å². The fourth-order valence-corrected chi connectivity index (χ4v) is 2.94. The highest BCUT2D eigenvalue weighted by Crippen LogP contribution is 2.33. The second-order valence-electron chi connectivity index (χ2n) is 4.38. The number of fused-ring (bicyclic) bond motifs is 1. The molecule has 3 rings (SSSR count). The highest BCUT2D eigenvalue weighted by atomic mass is 32.1. The van der Waals surface area contributed by atoms with Crippen molar-refractivity contribution in [3.63, 3.8) is 0 Å². The number of hydrogen-bond donors (Lipinski definition) is 1. The standard InChI is InChI=1S/C12H14N6S/c1-6-5-9-15-16-11(18(9)8(3)14-6)10-7(2)17-19-12(10)13-4/h5,13H,1-4H3. The third-order valence-electron chi connectivity index (χ3n) is 3.00. The zero-order valence-electron chi connectivity index (χ0n) is 11.2. The third kappa shape index (κ3) is 1.77. The van der Waals surface area contributed by atoms with Gasteiger partial charge in [-0.25, -0.2) is 4.98 Å². The molecular formula is C12H14N6S. The smallest absolute Gasteiger partial charge is 0.174 e. The molecule has 0 fully saturated rings. The lowest BCUT2D eigenvalue weighted by molar-refractivity contribution is 0.961. The summed E-state index contributed by atoms with van der Waals surface area (Å²) in [5.41, 5.74) is 3.70. The van der Waals surface area contributed by atoms with E-state index in [4.69, 9.17) is 0 Å². The molecule has 0 aliphatic rings. The van der Waals surface area contributed by atoms with Crippen molar-refractivity contribution in [3.05, 3.63) is 23.3 Å². The number of aromatic nitrogens is 5. The van der Waals surface area contributed by atoms with E-state index in [1.54, 1.807) is 0 Å². The van der Waals surface area contributed by atoms with Crippen LogP contribution in [0.1, 0.15) is 17.2 Å². The zero-order valence-corrected chi connectivity index (χ0v) is 12.0. The molecular weight excluding hydrogens is 260 g/mol. The number of nitrogens with zero attached hydrogens (tertiary/aromatic N) is 5. The fraction of sp³-hybridized carbons (Fsp3) is 0.333. The van der Waals surface area contributed by atoms with Crippen LogP contribution in [0.4, 0.5) is 5.00 Å². The lowest BCUT2D eigenvalue weighted by Crippen LogP contribution is -2.00. The molecule has 1 N–H and O–H groups in total. The van der Waals surface area contributed by atoms with Crippen molar-refractivity contribution in [2.75, 3.05) is 12.4 Å². The summed E-state index contributed by atoms with van der Waals surface area (Å²) in [7, 11) is 1.88. The van der Waals surface area contributed by atoms with Crippen molar-refractivity contribution in [3.8, 4) is 11.4 Å². The predicted molar refractivity (Wildman–Crippen MR) is 75.6 cm³/mol. The molecule has 19 heavy (non-hydrogen) atoms. The minimum atomic E-state index is 0.788. The monoisotopic (exact) mass is 274 g/mol. The Hall–Kier alpha value is -2.02. The number of rotatable bonds is 2. The van der Waals surface area contributed by atoms with Crippen LogP contribution in [0.5, 0.6) is 0 Å². The van der Waals surface area contributed by atoms with Crippen LogP contribution in [0.3, 0.4) is 0 Å². The molecule has 3 aromatic rings. The van der Waals surface area contributed by atoms with E-state index in [0.29, 0.717) is 0 Å². The Morgan fingerprint density at radius 2 is 2.00 bits per heavy atom. The molecule has 0 radical (unpaired) electrons. The van der Waals surface area contributed by atoms with Gasteiger partial charge in [0.1, 0.15) is 10.8 Å².